The Bertz CT molecular complexity index is 980. The number of aryl methyl sites for hydroxylation is 1. The first-order valence-electron chi connectivity index (χ1n) is 9.80. The number of rotatable bonds is 2. The number of para-hydroxylation sites is 1. The number of carbonyl (C=O) groups excluding carboxylic acids is 1. The Morgan fingerprint density at radius 1 is 1.07 bits per heavy atom. The molecular weight excluding hydrogens is 336 g/mol. The van der Waals surface area contributed by atoms with Gasteiger partial charge in [-0.15, -0.1) is 0 Å². The zero-order valence-electron chi connectivity index (χ0n) is 15.6. The van der Waals surface area contributed by atoms with Gasteiger partial charge in [-0.25, -0.2) is 4.98 Å². The van der Waals surface area contributed by atoms with E-state index >= 15 is 0 Å². The highest BCUT2D eigenvalue weighted by atomic mass is 16.2. The quantitative estimate of drug-likeness (QED) is 0.763. The lowest BCUT2D eigenvalue weighted by Crippen LogP contribution is -2.42. The van der Waals surface area contributed by atoms with Crippen molar-refractivity contribution in [1.82, 2.24) is 19.8 Å². The zero-order chi connectivity index (χ0) is 18.4. The summed E-state index contributed by atoms with van der Waals surface area (Å²) in [6, 6.07) is 16.9. The molecule has 2 unspecified atom stereocenters. The molecule has 1 amide bonds. The Kier molecular flexibility index (Phi) is 3.97. The van der Waals surface area contributed by atoms with Gasteiger partial charge < -0.3 is 10.2 Å². The number of fused-ring (bicyclic) bond motifs is 3. The first-order chi connectivity index (χ1) is 13.2. The van der Waals surface area contributed by atoms with E-state index in [1.54, 1.807) is 0 Å². The molecule has 0 spiro atoms. The van der Waals surface area contributed by atoms with Crippen LogP contribution in [0.4, 0.5) is 0 Å². The summed E-state index contributed by atoms with van der Waals surface area (Å²) in [6.07, 6.45) is 3.28. The molecule has 0 saturated carbocycles. The molecule has 5 heteroatoms. The maximum absolute atomic E-state index is 13.3. The number of hydrogen-bond donors (Lipinski definition) is 1. The summed E-state index contributed by atoms with van der Waals surface area (Å²) in [5.74, 6) is 1.08. The van der Waals surface area contributed by atoms with Gasteiger partial charge in [-0.05, 0) is 63.1 Å². The van der Waals surface area contributed by atoms with E-state index in [1.807, 2.05) is 43.3 Å². The fraction of sp³-hybridized carbons (Fsp3) is 0.364. The third-order valence-electron chi connectivity index (χ3n) is 5.97. The Balaban J connectivity index is 1.53. The molecule has 5 rings (SSSR count). The number of nitrogens with zero attached hydrogens (tertiary/aromatic N) is 3. The number of carbonyl (C=O) groups is 1. The van der Waals surface area contributed by atoms with Gasteiger partial charge in [0, 0.05) is 29.9 Å². The standard InChI is InChI=1S/C22H24N4O/c1-15-24-20-13-16(7-10-21(20)25(15)17-5-3-2-4-6-17)22(27)26-18-8-9-19(26)14-23-12-11-18/h2-7,10,13,18-19,23H,8-9,11-12,14H2,1H3. The van der Waals surface area contributed by atoms with Gasteiger partial charge >= 0.3 is 0 Å². The molecule has 1 N–H and O–H groups in total. The van der Waals surface area contributed by atoms with Crippen LogP contribution in [0, 0.1) is 6.92 Å². The second-order valence-electron chi connectivity index (χ2n) is 7.62. The molecule has 2 aliphatic rings. The second-order valence-corrected chi connectivity index (χ2v) is 7.62. The van der Waals surface area contributed by atoms with Crippen molar-refractivity contribution in [2.45, 2.75) is 38.3 Å². The van der Waals surface area contributed by atoms with Crippen LogP contribution in [0.5, 0.6) is 0 Å². The molecule has 2 atom stereocenters. The van der Waals surface area contributed by atoms with E-state index < -0.39 is 0 Å². The topological polar surface area (TPSA) is 50.2 Å². The van der Waals surface area contributed by atoms with Gasteiger partial charge in [0.05, 0.1) is 11.0 Å². The summed E-state index contributed by atoms with van der Waals surface area (Å²) in [6.45, 7) is 3.92. The van der Waals surface area contributed by atoms with Crippen molar-refractivity contribution in [3.63, 3.8) is 0 Å². The van der Waals surface area contributed by atoms with E-state index in [0.29, 0.717) is 12.1 Å². The number of imidazole rings is 1. The van der Waals surface area contributed by atoms with Crippen LogP contribution < -0.4 is 5.32 Å². The third kappa shape index (κ3) is 2.73. The molecule has 3 heterocycles. The van der Waals surface area contributed by atoms with Crippen molar-refractivity contribution in [2.24, 2.45) is 0 Å². The first-order valence-corrected chi connectivity index (χ1v) is 9.80. The Labute approximate surface area is 159 Å². The van der Waals surface area contributed by atoms with E-state index in [-0.39, 0.29) is 5.91 Å². The van der Waals surface area contributed by atoms with Crippen molar-refractivity contribution >= 4 is 16.9 Å². The molecule has 5 nitrogen and oxygen atoms in total. The van der Waals surface area contributed by atoms with Crippen molar-refractivity contribution in [3.8, 4) is 5.69 Å². The number of nitrogens with one attached hydrogen (secondary N) is 1. The third-order valence-corrected chi connectivity index (χ3v) is 5.97. The van der Waals surface area contributed by atoms with Crippen LogP contribution in [0.1, 0.15) is 35.4 Å². The van der Waals surface area contributed by atoms with Gasteiger partial charge in [0.15, 0.2) is 0 Å². The van der Waals surface area contributed by atoms with Crippen LogP contribution in [0.2, 0.25) is 0 Å². The van der Waals surface area contributed by atoms with Gasteiger partial charge in [0.1, 0.15) is 5.82 Å². The molecule has 138 valence electrons. The molecule has 2 saturated heterocycles. The maximum Gasteiger partial charge on any atom is 0.254 e. The number of hydrogen-bond acceptors (Lipinski definition) is 3. The Hall–Kier alpha value is -2.66. The second kappa shape index (κ2) is 6.50. The lowest BCUT2D eigenvalue weighted by atomic mass is 10.1. The lowest BCUT2D eigenvalue weighted by molar-refractivity contribution is 0.0680. The molecule has 1 aromatic heterocycles. The van der Waals surface area contributed by atoms with Gasteiger partial charge in [-0.2, -0.15) is 0 Å². The van der Waals surface area contributed by atoms with Crippen LogP contribution in [-0.2, 0) is 0 Å². The first kappa shape index (κ1) is 16.5. The molecular formula is C22H24N4O. The predicted molar refractivity (Wildman–Crippen MR) is 106 cm³/mol. The van der Waals surface area contributed by atoms with Crippen LogP contribution >= 0.6 is 0 Å². The summed E-state index contributed by atoms with van der Waals surface area (Å²) in [5, 5.41) is 3.46. The molecule has 2 aromatic carbocycles. The van der Waals surface area contributed by atoms with Crippen LogP contribution in [0.25, 0.3) is 16.7 Å². The lowest BCUT2D eigenvalue weighted by Gasteiger charge is -2.28. The largest absolute Gasteiger partial charge is 0.331 e. The fourth-order valence-electron chi connectivity index (χ4n) is 4.70. The average molecular weight is 360 g/mol. The molecule has 27 heavy (non-hydrogen) atoms. The van der Waals surface area contributed by atoms with E-state index in [9.17, 15) is 4.79 Å². The van der Waals surface area contributed by atoms with Gasteiger partial charge in [-0.1, -0.05) is 18.2 Å². The molecule has 2 aliphatic heterocycles. The molecule has 2 bridgehead atoms. The highest BCUT2D eigenvalue weighted by molar-refractivity contribution is 5.98. The summed E-state index contributed by atoms with van der Waals surface area (Å²) < 4.78 is 2.14. The van der Waals surface area contributed by atoms with Gasteiger partial charge in [0.25, 0.3) is 5.91 Å². The minimum Gasteiger partial charge on any atom is -0.331 e. The zero-order valence-corrected chi connectivity index (χ0v) is 15.6. The van der Waals surface area contributed by atoms with Crippen LogP contribution in [0.3, 0.4) is 0 Å². The monoisotopic (exact) mass is 360 g/mol. The van der Waals surface area contributed by atoms with Crippen molar-refractivity contribution in [2.75, 3.05) is 13.1 Å². The van der Waals surface area contributed by atoms with E-state index in [4.69, 9.17) is 4.98 Å². The average Bonchev–Trinajstić information content (AvgIpc) is 3.15. The summed E-state index contributed by atoms with van der Waals surface area (Å²) in [7, 11) is 0. The maximum atomic E-state index is 13.3. The van der Waals surface area contributed by atoms with Crippen molar-refractivity contribution < 1.29 is 4.79 Å². The van der Waals surface area contributed by atoms with Gasteiger partial charge in [0.2, 0.25) is 0 Å². The normalized spacial score (nSPS) is 22.2. The van der Waals surface area contributed by atoms with Crippen LogP contribution in [-0.4, -0.2) is 45.5 Å². The van der Waals surface area contributed by atoms with Crippen molar-refractivity contribution in [1.29, 1.82) is 0 Å². The predicted octanol–water partition coefficient (Wildman–Crippen LogP) is 3.30. The Morgan fingerprint density at radius 3 is 2.74 bits per heavy atom. The number of amides is 1. The Morgan fingerprint density at radius 2 is 1.89 bits per heavy atom. The number of aromatic nitrogens is 2. The van der Waals surface area contributed by atoms with E-state index in [2.05, 4.69) is 26.9 Å². The van der Waals surface area contributed by atoms with E-state index in [1.165, 1.54) is 0 Å². The summed E-state index contributed by atoms with van der Waals surface area (Å²) >= 11 is 0. The molecule has 3 aromatic rings. The van der Waals surface area contributed by atoms with Crippen molar-refractivity contribution in [3.05, 3.63) is 59.9 Å². The minimum atomic E-state index is 0.153. The molecule has 0 aliphatic carbocycles. The highest BCUT2D eigenvalue weighted by Gasteiger charge is 2.38. The SMILES string of the molecule is Cc1nc2cc(C(=O)N3C4CCNCC3CC4)ccc2n1-c1ccccc1. The molecule has 2 fully saturated rings. The molecule has 0 radical (unpaired) electrons. The van der Waals surface area contributed by atoms with E-state index in [0.717, 1.165) is 60.5 Å². The fourth-order valence-corrected chi connectivity index (χ4v) is 4.70. The highest BCUT2D eigenvalue weighted by Crippen LogP contribution is 2.30. The van der Waals surface area contributed by atoms with Crippen LogP contribution in [0.15, 0.2) is 48.5 Å². The minimum absolute atomic E-state index is 0.153. The summed E-state index contributed by atoms with van der Waals surface area (Å²) in [4.78, 5) is 20.1. The number of benzene rings is 2. The van der Waals surface area contributed by atoms with Gasteiger partial charge in [-0.3, -0.25) is 9.36 Å². The summed E-state index contributed by atoms with van der Waals surface area (Å²) in [5.41, 5.74) is 3.76. The smallest absolute Gasteiger partial charge is 0.254 e.